The molecule has 114 valence electrons. The number of ketones is 1. The van der Waals surface area contributed by atoms with Gasteiger partial charge in [-0.25, -0.2) is 0 Å². The van der Waals surface area contributed by atoms with Crippen molar-refractivity contribution >= 4 is 5.78 Å². The molecule has 0 bridgehead atoms. The fraction of sp³-hybridized carbons (Fsp3) is 0.941. The topological polar surface area (TPSA) is 43.1 Å². The summed E-state index contributed by atoms with van der Waals surface area (Å²) in [6, 6.07) is 0.164. The average molecular weight is 269 g/mol. The first-order valence-electron chi connectivity index (χ1n) is 8.44. The van der Waals surface area contributed by atoms with Gasteiger partial charge in [-0.3, -0.25) is 4.79 Å². The summed E-state index contributed by atoms with van der Waals surface area (Å²) in [4.78, 5) is 11.5. The van der Waals surface area contributed by atoms with Crippen molar-refractivity contribution in [2.24, 2.45) is 5.73 Å². The van der Waals surface area contributed by atoms with E-state index in [9.17, 15) is 4.79 Å². The van der Waals surface area contributed by atoms with Gasteiger partial charge in [0.15, 0.2) is 0 Å². The molecule has 0 saturated heterocycles. The molecule has 0 aliphatic heterocycles. The Hall–Kier alpha value is -0.370. The van der Waals surface area contributed by atoms with E-state index in [1.807, 2.05) is 6.92 Å². The van der Waals surface area contributed by atoms with E-state index in [2.05, 4.69) is 6.92 Å². The van der Waals surface area contributed by atoms with Crippen LogP contribution < -0.4 is 5.73 Å². The van der Waals surface area contributed by atoms with E-state index >= 15 is 0 Å². The molecule has 2 nitrogen and oxygen atoms in total. The fourth-order valence-electron chi connectivity index (χ4n) is 2.32. The van der Waals surface area contributed by atoms with Crippen LogP contribution in [0.2, 0.25) is 0 Å². The Morgan fingerprint density at radius 1 is 0.842 bits per heavy atom. The van der Waals surface area contributed by atoms with E-state index in [4.69, 9.17) is 5.73 Å². The molecule has 0 aliphatic rings. The summed E-state index contributed by atoms with van der Waals surface area (Å²) in [7, 11) is 0. The fourth-order valence-corrected chi connectivity index (χ4v) is 2.32. The highest BCUT2D eigenvalue weighted by molar-refractivity contribution is 5.78. The van der Waals surface area contributed by atoms with Crippen LogP contribution in [0.25, 0.3) is 0 Å². The monoisotopic (exact) mass is 269 g/mol. The van der Waals surface area contributed by atoms with Crippen molar-refractivity contribution in [1.82, 2.24) is 0 Å². The molecule has 0 radical (unpaired) electrons. The third kappa shape index (κ3) is 15.6. The molecule has 0 aliphatic carbocycles. The molecule has 0 heterocycles. The molecule has 2 heteroatoms. The molecule has 0 spiro atoms. The Morgan fingerprint density at radius 3 is 1.79 bits per heavy atom. The van der Waals surface area contributed by atoms with E-state index in [0.29, 0.717) is 12.2 Å². The summed E-state index contributed by atoms with van der Waals surface area (Å²) in [6.07, 6.45) is 15.5. The minimum Gasteiger partial charge on any atom is -0.328 e. The van der Waals surface area contributed by atoms with Crippen LogP contribution in [0.5, 0.6) is 0 Å². The number of hydrogen-bond donors (Lipinski definition) is 1. The smallest absolute Gasteiger partial charge is 0.132 e. The van der Waals surface area contributed by atoms with Crippen molar-refractivity contribution in [3.63, 3.8) is 0 Å². The minimum absolute atomic E-state index is 0.164. The van der Waals surface area contributed by atoms with Crippen LogP contribution in [0.15, 0.2) is 0 Å². The molecule has 0 rings (SSSR count). The van der Waals surface area contributed by atoms with Gasteiger partial charge in [-0.1, -0.05) is 64.7 Å². The highest BCUT2D eigenvalue weighted by atomic mass is 16.1. The number of carbonyl (C=O) groups excluding carboxylic acids is 1. The normalized spacial score (nSPS) is 12.6. The van der Waals surface area contributed by atoms with Gasteiger partial charge in [-0.05, 0) is 19.8 Å². The number of rotatable bonds is 14. The summed E-state index contributed by atoms with van der Waals surface area (Å²) in [5, 5.41) is 0. The Kier molecular flexibility index (Phi) is 13.8. The summed E-state index contributed by atoms with van der Waals surface area (Å²) < 4.78 is 0. The van der Waals surface area contributed by atoms with Crippen LogP contribution in [0.4, 0.5) is 0 Å². The summed E-state index contributed by atoms with van der Waals surface area (Å²) in [6.45, 7) is 4.23. The standard InChI is InChI=1S/C17H35NO/c1-3-4-5-6-7-8-9-10-11-12-13-17(19)15-14-16(2)18/h16H,3-15,18H2,1-2H3. The van der Waals surface area contributed by atoms with E-state index in [1.165, 1.54) is 57.8 Å². The zero-order chi connectivity index (χ0) is 14.3. The lowest BCUT2D eigenvalue weighted by atomic mass is 10.0. The lowest BCUT2D eigenvalue weighted by Crippen LogP contribution is -2.16. The van der Waals surface area contributed by atoms with Crippen LogP contribution in [-0.2, 0) is 4.79 Å². The molecular weight excluding hydrogens is 234 g/mol. The lowest BCUT2D eigenvalue weighted by Gasteiger charge is -2.04. The van der Waals surface area contributed by atoms with Crippen molar-refractivity contribution in [2.75, 3.05) is 0 Å². The van der Waals surface area contributed by atoms with Gasteiger partial charge in [-0.2, -0.15) is 0 Å². The van der Waals surface area contributed by atoms with Gasteiger partial charge in [0, 0.05) is 18.9 Å². The second-order valence-corrected chi connectivity index (χ2v) is 5.99. The molecule has 1 atom stereocenters. The first-order valence-corrected chi connectivity index (χ1v) is 8.44. The highest BCUT2D eigenvalue weighted by Gasteiger charge is 2.03. The van der Waals surface area contributed by atoms with Crippen molar-refractivity contribution in [1.29, 1.82) is 0 Å². The van der Waals surface area contributed by atoms with Crippen LogP contribution >= 0.6 is 0 Å². The highest BCUT2D eigenvalue weighted by Crippen LogP contribution is 2.12. The third-order valence-electron chi connectivity index (χ3n) is 3.69. The first kappa shape index (κ1) is 18.6. The van der Waals surface area contributed by atoms with Crippen molar-refractivity contribution in [3.05, 3.63) is 0 Å². The number of Topliss-reactive ketones (excluding diaryl/α,β-unsaturated/α-hetero) is 1. The number of nitrogens with two attached hydrogens (primary N) is 1. The SMILES string of the molecule is CCCCCCCCCCCCC(=O)CCC(C)N. The van der Waals surface area contributed by atoms with Crippen LogP contribution in [0, 0.1) is 0 Å². The van der Waals surface area contributed by atoms with E-state index in [-0.39, 0.29) is 6.04 Å². The maximum Gasteiger partial charge on any atom is 0.132 e. The average Bonchev–Trinajstić information content (AvgIpc) is 2.38. The van der Waals surface area contributed by atoms with E-state index in [0.717, 1.165) is 19.3 Å². The second-order valence-electron chi connectivity index (χ2n) is 5.99. The number of unbranched alkanes of at least 4 members (excludes halogenated alkanes) is 9. The van der Waals surface area contributed by atoms with Gasteiger partial charge in [0.2, 0.25) is 0 Å². The molecule has 2 N–H and O–H groups in total. The molecule has 0 amide bonds. The van der Waals surface area contributed by atoms with Gasteiger partial charge in [0.05, 0.1) is 0 Å². The predicted octanol–water partition coefficient (Wildman–Crippen LogP) is 4.99. The van der Waals surface area contributed by atoms with Gasteiger partial charge in [0.1, 0.15) is 5.78 Å². The Morgan fingerprint density at radius 2 is 1.32 bits per heavy atom. The molecular formula is C17H35NO. The van der Waals surface area contributed by atoms with Crippen LogP contribution in [0.1, 0.15) is 97.3 Å². The van der Waals surface area contributed by atoms with Gasteiger partial charge >= 0.3 is 0 Å². The number of hydrogen-bond acceptors (Lipinski definition) is 2. The molecule has 0 aromatic heterocycles. The quantitative estimate of drug-likeness (QED) is 0.451. The van der Waals surface area contributed by atoms with Gasteiger partial charge in [0.25, 0.3) is 0 Å². The van der Waals surface area contributed by atoms with Crippen LogP contribution in [0.3, 0.4) is 0 Å². The predicted molar refractivity (Wildman–Crippen MR) is 84.4 cm³/mol. The van der Waals surface area contributed by atoms with Gasteiger partial charge in [-0.15, -0.1) is 0 Å². The van der Waals surface area contributed by atoms with Crippen LogP contribution in [-0.4, -0.2) is 11.8 Å². The molecule has 0 aromatic rings. The Labute approximate surface area is 120 Å². The maximum atomic E-state index is 11.5. The summed E-state index contributed by atoms with van der Waals surface area (Å²) in [5.74, 6) is 0.400. The van der Waals surface area contributed by atoms with E-state index in [1.54, 1.807) is 0 Å². The second kappa shape index (κ2) is 14.0. The summed E-state index contributed by atoms with van der Waals surface area (Å²) >= 11 is 0. The summed E-state index contributed by atoms with van der Waals surface area (Å²) in [5.41, 5.74) is 5.64. The Balaban J connectivity index is 3.11. The minimum atomic E-state index is 0.164. The molecule has 0 aromatic carbocycles. The molecule has 0 saturated carbocycles. The zero-order valence-corrected chi connectivity index (χ0v) is 13.3. The van der Waals surface area contributed by atoms with E-state index < -0.39 is 0 Å². The van der Waals surface area contributed by atoms with Crippen molar-refractivity contribution in [3.8, 4) is 0 Å². The van der Waals surface area contributed by atoms with Crippen molar-refractivity contribution in [2.45, 2.75) is 103 Å². The van der Waals surface area contributed by atoms with Crippen molar-refractivity contribution < 1.29 is 4.79 Å². The van der Waals surface area contributed by atoms with Gasteiger partial charge < -0.3 is 5.73 Å². The molecule has 19 heavy (non-hydrogen) atoms. The molecule has 1 unspecified atom stereocenters. The maximum absolute atomic E-state index is 11.5. The first-order chi connectivity index (χ1) is 9.16. The zero-order valence-electron chi connectivity index (χ0n) is 13.3. The third-order valence-corrected chi connectivity index (χ3v) is 3.69. The lowest BCUT2D eigenvalue weighted by molar-refractivity contribution is -0.119. The number of carbonyl (C=O) groups is 1. The molecule has 0 fully saturated rings. The largest absolute Gasteiger partial charge is 0.328 e. The Bertz CT molecular complexity index is 201.